The van der Waals surface area contributed by atoms with Gasteiger partial charge in [0, 0.05) is 26.0 Å². The number of hydrogen-bond acceptors (Lipinski definition) is 4. The number of aryl methyl sites for hydroxylation is 1. The molecule has 6 heteroatoms. The quantitative estimate of drug-likeness (QED) is 0.901. The average molecular weight is 298 g/mol. The molecule has 3 N–H and O–H groups in total. The van der Waals surface area contributed by atoms with E-state index in [4.69, 9.17) is 5.73 Å². The van der Waals surface area contributed by atoms with Crippen LogP contribution in [0.2, 0.25) is 0 Å². The fraction of sp³-hybridized carbons (Fsp3) is 0.188. The third kappa shape index (κ3) is 3.22. The number of carbonyl (C=O) groups is 2. The van der Waals surface area contributed by atoms with Gasteiger partial charge in [0.2, 0.25) is 0 Å². The zero-order chi connectivity index (χ0) is 16.3. The van der Waals surface area contributed by atoms with E-state index in [0.29, 0.717) is 16.8 Å². The number of carbonyl (C=O) groups excluding carboxylic acids is 2. The molecule has 114 valence electrons. The van der Waals surface area contributed by atoms with Gasteiger partial charge in [0.15, 0.2) is 0 Å². The van der Waals surface area contributed by atoms with E-state index in [1.807, 2.05) is 19.0 Å². The molecular weight excluding hydrogens is 280 g/mol. The molecule has 0 fully saturated rings. The lowest BCUT2D eigenvalue weighted by Crippen LogP contribution is -2.20. The maximum atomic E-state index is 12.3. The van der Waals surface area contributed by atoms with Gasteiger partial charge in [-0.3, -0.25) is 14.6 Å². The molecule has 0 unspecified atom stereocenters. The van der Waals surface area contributed by atoms with Crippen LogP contribution >= 0.6 is 0 Å². The molecule has 0 atom stereocenters. The summed E-state index contributed by atoms with van der Waals surface area (Å²) >= 11 is 0. The van der Waals surface area contributed by atoms with Crippen molar-refractivity contribution in [1.29, 1.82) is 0 Å². The van der Waals surface area contributed by atoms with E-state index in [1.165, 1.54) is 0 Å². The first-order valence-corrected chi connectivity index (χ1v) is 6.74. The number of anilines is 2. The summed E-state index contributed by atoms with van der Waals surface area (Å²) in [6.07, 6.45) is 1.56. The third-order valence-electron chi connectivity index (χ3n) is 3.26. The van der Waals surface area contributed by atoms with Gasteiger partial charge in [-0.05, 0) is 30.7 Å². The Bertz CT molecular complexity index is 726. The number of pyridine rings is 1. The molecular formula is C16H18N4O2. The van der Waals surface area contributed by atoms with Crippen molar-refractivity contribution in [3.63, 3.8) is 0 Å². The summed E-state index contributed by atoms with van der Waals surface area (Å²) in [5, 5.41) is 2.69. The molecule has 0 spiro atoms. The van der Waals surface area contributed by atoms with Gasteiger partial charge in [-0.2, -0.15) is 0 Å². The first kappa shape index (κ1) is 15.5. The van der Waals surface area contributed by atoms with Gasteiger partial charge < -0.3 is 16.0 Å². The number of benzene rings is 1. The highest BCUT2D eigenvalue weighted by Gasteiger charge is 2.15. The second-order valence-electron chi connectivity index (χ2n) is 5.11. The lowest BCUT2D eigenvalue weighted by molar-refractivity contribution is 0.100. The second-order valence-corrected chi connectivity index (χ2v) is 5.11. The van der Waals surface area contributed by atoms with Gasteiger partial charge in [0.1, 0.15) is 5.69 Å². The van der Waals surface area contributed by atoms with Crippen molar-refractivity contribution < 1.29 is 9.59 Å². The van der Waals surface area contributed by atoms with E-state index in [2.05, 4.69) is 10.3 Å². The Kier molecular flexibility index (Phi) is 4.41. The molecule has 0 aliphatic rings. The summed E-state index contributed by atoms with van der Waals surface area (Å²) < 4.78 is 0. The monoisotopic (exact) mass is 298 g/mol. The number of rotatable bonds is 4. The number of nitrogens with one attached hydrogen (secondary N) is 1. The number of nitrogens with zero attached hydrogens (tertiary/aromatic N) is 2. The van der Waals surface area contributed by atoms with Crippen LogP contribution in [-0.2, 0) is 0 Å². The van der Waals surface area contributed by atoms with E-state index in [0.717, 1.165) is 5.69 Å². The summed E-state index contributed by atoms with van der Waals surface area (Å²) in [5.74, 6) is -0.972. The number of amides is 2. The molecule has 1 heterocycles. The fourth-order valence-electron chi connectivity index (χ4n) is 2.11. The first-order valence-electron chi connectivity index (χ1n) is 6.74. The van der Waals surface area contributed by atoms with Gasteiger partial charge in [0.25, 0.3) is 11.8 Å². The summed E-state index contributed by atoms with van der Waals surface area (Å²) in [7, 11) is 3.76. The summed E-state index contributed by atoms with van der Waals surface area (Å²) in [6.45, 7) is 1.76. The minimum atomic E-state index is -0.580. The van der Waals surface area contributed by atoms with Crippen LogP contribution in [0, 0.1) is 6.92 Å². The lowest BCUT2D eigenvalue weighted by Gasteiger charge is -2.14. The zero-order valence-corrected chi connectivity index (χ0v) is 12.8. The third-order valence-corrected chi connectivity index (χ3v) is 3.26. The molecule has 0 bridgehead atoms. The second kappa shape index (κ2) is 6.26. The Morgan fingerprint density at radius 2 is 1.95 bits per heavy atom. The fourth-order valence-corrected chi connectivity index (χ4v) is 2.11. The normalized spacial score (nSPS) is 10.1. The highest BCUT2D eigenvalue weighted by atomic mass is 16.2. The zero-order valence-electron chi connectivity index (χ0n) is 12.8. The van der Waals surface area contributed by atoms with Crippen LogP contribution in [0.5, 0.6) is 0 Å². The number of aromatic nitrogens is 1. The van der Waals surface area contributed by atoms with Gasteiger partial charge in [-0.25, -0.2) is 0 Å². The molecule has 2 amide bonds. The van der Waals surface area contributed by atoms with Crippen LogP contribution in [0.15, 0.2) is 36.5 Å². The molecule has 0 saturated carbocycles. The lowest BCUT2D eigenvalue weighted by atomic mass is 10.1. The van der Waals surface area contributed by atoms with Gasteiger partial charge >= 0.3 is 0 Å². The highest BCUT2D eigenvalue weighted by molar-refractivity contribution is 6.08. The first-order chi connectivity index (χ1) is 10.4. The van der Waals surface area contributed by atoms with Crippen LogP contribution < -0.4 is 16.0 Å². The standard InChI is InChI=1S/C16H18N4O2/c1-10-5-4-6-12(14(10)15(17)21)19-16(22)13-9-11(20(2)3)7-8-18-13/h4-9H,1-3H3,(H2,17,21)(H,19,22). The van der Waals surface area contributed by atoms with Gasteiger partial charge in [-0.15, -0.1) is 0 Å². The number of primary amides is 1. The van der Waals surface area contributed by atoms with Crippen LogP contribution in [0.25, 0.3) is 0 Å². The van der Waals surface area contributed by atoms with Gasteiger partial charge in [0.05, 0.1) is 11.3 Å². The van der Waals surface area contributed by atoms with Crippen molar-refractivity contribution >= 4 is 23.2 Å². The van der Waals surface area contributed by atoms with E-state index in [1.54, 1.807) is 43.5 Å². The average Bonchev–Trinajstić information content (AvgIpc) is 2.47. The van der Waals surface area contributed by atoms with Crippen molar-refractivity contribution in [2.75, 3.05) is 24.3 Å². The summed E-state index contributed by atoms with van der Waals surface area (Å²) in [5.41, 5.74) is 7.91. The van der Waals surface area contributed by atoms with Crippen LogP contribution in [0.3, 0.4) is 0 Å². The Balaban J connectivity index is 2.32. The van der Waals surface area contributed by atoms with Crippen molar-refractivity contribution in [3.05, 3.63) is 53.3 Å². The maximum absolute atomic E-state index is 12.3. The van der Waals surface area contributed by atoms with Crippen LogP contribution in [0.4, 0.5) is 11.4 Å². The maximum Gasteiger partial charge on any atom is 0.274 e. The van der Waals surface area contributed by atoms with Crippen molar-refractivity contribution in [2.45, 2.75) is 6.92 Å². The SMILES string of the molecule is Cc1cccc(NC(=O)c2cc(N(C)C)ccn2)c1C(N)=O. The highest BCUT2D eigenvalue weighted by Crippen LogP contribution is 2.20. The minimum Gasteiger partial charge on any atom is -0.378 e. The minimum absolute atomic E-state index is 0.267. The Hall–Kier alpha value is -2.89. The molecule has 1 aromatic carbocycles. The van der Waals surface area contributed by atoms with Crippen molar-refractivity contribution in [1.82, 2.24) is 4.98 Å². The Morgan fingerprint density at radius 1 is 1.23 bits per heavy atom. The van der Waals surface area contributed by atoms with Crippen molar-refractivity contribution in [3.8, 4) is 0 Å². The van der Waals surface area contributed by atoms with Crippen molar-refractivity contribution in [2.24, 2.45) is 5.73 Å². The van der Waals surface area contributed by atoms with Crippen LogP contribution in [-0.4, -0.2) is 30.9 Å². The predicted molar refractivity (Wildman–Crippen MR) is 86.2 cm³/mol. The van der Waals surface area contributed by atoms with E-state index in [-0.39, 0.29) is 5.69 Å². The molecule has 0 aliphatic heterocycles. The molecule has 0 aliphatic carbocycles. The molecule has 22 heavy (non-hydrogen) atoms. The van der Waals surface area contributed by atoms with Crippen LogP contribution in [0.1, 0.15) is 26.4 Å². The van der Waals surface area contributed by atoms with E-state index in [9.17, 15) is 9.59 Å². The van der Waals surface area contributed by atoms with Gasteiger partial charge in [-0.1, -0.05) is 12.1 Å². The summed E-state index contributed by atoms with van der Waals surface area (Å²) in [6, 6.07) is 8.63. The number of nitrogens with two attached hydrogens (primary N) is 1. The van der Waals surface area contributed by atoms with E-state index >= 15 is 0 Å². The van der Waals surface area contributed by atoms with E-state index < -0.39 is 11.8 Å². The topological polar surface area (TPSA) is 88.3 Å². The Morgan fingerprint density at radius 3 is 2.59 bits per heavy atom. The Labute approximate surface area is 129 Å². The molecule has 2 aromatic rings. The summed E-state index contributed by atoms with van der Waals surface area (Å²) in [4.78, 5) is 29.8. The largest absolute Gasteiger partial charge is 0.378 e. The smallest absolute Gasteiger partial charge is 0.274 e. The molecule has 2 rings (SSSR count). The molecule has 6 nitrogen and oxygen atoms in total. The predicted octanol–water partition coefficient (Wildman–Crippen LogP) is 1.81. The molecule has 1 aromatic heterocycles. The number of hydrogen-bond donors (Lipinski definition) is 2. The molecule has 0 saturated heterocycles. The molecule has 0 radical (unpaired) electrons.